The molecule has 5 nitrogen and oxygen atoms in total. The van der Waals surface area contributed by atoms with E-state index < -0.39 is 0 Å². The monoisotopic (exact) mass is 274 g/mol. The first-order valence-corrected chi connectivity index (χ1v) is 6.84. The second-order valence-electron chi connectivity index (χ2n) is 4.69. The van der Waals surface area contributed by atoms with Gasteiger partial charge in [0.1, 0.15) is 0 Å². The van der Waals surface area contributed by atoms with Crippen molar-refractivity contribution in [2.45, 2.75) is 26.8 Å². The summed E-state index contributed by atoms with van der Waals surface area (Å²) < 4.78 is 7.04. The van der Waals surface area contributed by atoms with Crippen molar-refractivity contribution < 1.29 is 4.74 Å². The zero-order valence-corrected chi connectivity index (χ0v) is 12.3. The highest BCUT2D eigenvalue weighted by atomic mass is 16.5. The van der Waals surface area contributed by atoms with E-state index in [1.54, 1.807) is 7.11 Å². The molecule has 0 saturated heterocycles. The summed E-state index contributed by atoms with van der Waals surface area (Å²) in [6.07, 6.45) is 0.860. The second-order valence-corrected chi connectivity index (χ2v) is 4.69. The van der Waals surface area contributed by atoms with Crippen LogP contribution in [0.4, 0.5) is 17.2 Å². The summed E-state index contributed by atoms with van der Waals surface area (Å²) in [6.45, 7) is 5.44. The molecule has 0 spiro atoms. The number of hydrogen-bond acceptors (Lipinski definition) is 4. The number of nitrogen functional groups attached to an aromatic ring is 1. The van der Waals surface area contributed by atoms with Crippen molar-refractivity contribution in [1.29, 1.82) is 0 Å². The van der Waals surface area contributed by atoms with Crippen LogP contribution >= 0.6 is 0 Å². The molecule has 5 heteroatoms. The first-order valence-electron chi connectivity index (χ1n) is 6.84. The van der Waals surface area contributed by atoms with Gasteiger partial charge in [-0.15, -0.1) is 0 Å². The highest BCUT2D eigenvalue weighted by molar-refractivity contribution is 5.72. The Bertz CT molecular complexity index is 577. The number of aromatic nitrogens is 2. The van der Waals surface area contributed by atoms with Gasteiger partial charge >= 0.3 is 0 Å². The lowest BCUT2D eigenvalue weighted by Crippen LogP contribution is -2.06. The normalized spacial score (nSPS) is 10.8. The molecule has 1 aromatic heterocycles. The summed E-state index contributed by atoms with van der Waals surface area (Å²) in [5.41, 5.74) is 9.91. The highest BCUT2D eigenvalue weighted by Gasteiger charge is 2.12. The topological polar surface area (TPSA) is 65.1 Å². The van der Waals surface area contributed by atoms with Gasteiger partial charge in [-0.05, 0) is 31.9 Å². The largest absolute Gasteiger partial charge is 0.394 e. The first-order chi connectivity index (χ1) is 9.67. The minimum absolute atomic E-state index is 0.695. The van der Waals surface area contributed by atoms with E-state index in [2.05, 4.69) is 16.5 Å². The summed E-state index contributed by atoms with van der Waals surface area (Å²) >= 11 is 0. The molecule has 0 atom stereocenters. The minimum atomic E-state index is 0.695. The molecule has 0 radical (unpaired) electrons. The van der Waals surface area contributed by atoms with E-state index in [0.717, 1.165) is 30.2 Å². The van der Waals surface area contributed by atoms with E-state index in [9.17, 15) is 0 Å². The van der Waals surface area contributed by atoms with Gasteiger partial charge in [-0.2, -0.15) is 5.10 Å². The molecule has 2 aromatic rings. The van der Waals surface area contributed by atoms with E-state index in [-0.39, 0.29) is 0 Å². The molecule has 1 aromatic carbocycles. The fourth-order valence-electron chi connectivity index (χ4n) is 2.16. The van der Waals surface area contributed by atoms with Gasteiger partial charge in [0.25, 0.3) is 0 Å². The molecule has 0 aliphatic carbocycles. The quantitative estimate of drug-likeness (QED) is 0.850. The predicted octanol–water partition coefficient (Wildman–Crippen LogP) is 2.73. The minimum Gasteiger partial charge on any atom is -0.394 e. The fraction of sp³-hybridized carbons (Fsp3) is 0.400. The van der Waals surface area contributed by atoms with Gasteiger partial charge in [0.05, 0.1) is 18.0 Å². The van der Waals surface area contributed by atoms with Crippen LogP contribution in [-0.4, -0.2) is 23.5 Å². The van der Waals surface area contributed by atoms with E-state index in [4.69, 9.17) is 10.5 Å². The van der Waals surface area contributed by atoms with Crippen LogP contribution in [0.15, 0.2) is 24.3 Å². The van der Waals surface area contributed by atoms with E-state index >= 15 is 0 Å². The van der Waals surface area contributed by atoms with Crippen LogP contribution in [0.25, 0.3) is 0 Å². The lowest BCUT2D eigenvalue weighted by molar-refractivity contribution is 0.202. The van der Waals surface area contributed by atoms with Crippen LogP contribution in [0.3, 0.4) is 0 Å². The SMILES string of the molecule is CCn1nc(C)c(N)c1Nc1ccccc1CCOC. The summed E-state index contributed by atoms with van der Waals surface area (Å²) in [4.78, 5) is 0. The molecule has 3 N–H and O–H groups in total. The maximum absolute atomic E-state index is 6.11. The van der Waals surface area contributed by atoms with Gasteiger partial charge in [0, 0.05) is 19.3 Å². The Morgan fingerprint density at radius 2 is 2.10 bits per heavy atom. The van der Waals surface area contributed by atoms with Crippen LogP contribution in [0.5, 0.6) is 0 Å². The average molecular weight is 274 g/mol. The van der Waals surface area contributed by atoms with Crippen molar-refractivity contribution in [2.75, 3.05) is 24.8 Å². The van der Waals surface area contributed by atoms with Crippen molar-refractivity contribution in [3.8, 4) is 0 Å². The van der Waals surface area contributed by atoms with Gasteiger partial charge in [-0.25, -0.2) is 4.68 Å². The smallest absolute Gasteiger partial charge is 0.152 e. The molecule has 1 heterocycles. The third kappa shape index (κ3) is 2.93. The molecule has 20 heavy (non-hydrogen) atoms. The third-order valence-corrected chi connectivity index (χ3v) is 3.32. The van der Waals surface area contributed by atoms with Gasteiger partial charge in [-0.3, -0.25) is 0 Å². The number of aryl methyl sites for hydroxylation is 2. The molecular weight excluding hydrogens is 252 g/mol. The molecule has 2 rings (SSSR count). The van der Waals surface area contributed by atoms with Gasteiger partial charge in [-0.1, -0.05) is 18.2 Å². The number of hydrogen-bond donors (Lipinski definition) is 2. The summed E-state index contributed by atoms with van der Waals surface area (Å²) in [6, 6.07) is 8.18. The van der Waals surface area contributed by atoms with Crippen molar-refractivity contribution in [3.63, 3.8) is 0 Å². The molecule has 0 aliphatic rings. The molecule has 0 fully saturated rings. The van der Waals surface area contributed by atoms with E-state index in [1.165, 1.54) is 5.56 Å². The molecule has 0 bridgehead atoms. The zero-order chi connectivity index (χ0) is 14.5. The van der Waals surface area contributed by atoms with Crippen LogP contribution in [0, 0.1) is 6.92 Å². The highest BCUT2D eigenvalue weighted by Crippen LogP contribution is 2.28. The average Bonchev–Trinajstić information content (AvgIpc) is 2.74. The van der Waals surface area contributed by atoms with Crippen LogP contribution in [0.1, 0.15) is 18.2 Å². The maximum atomic E-state index is 6.11. The number of rotatable bonds is 6. The van der Waals surface area contributed by atoms with Crippen molar-refractivity contribution in [3.05, 3.63) is 35.5 Å². The number of para-hydroxylation sites is 1. The van der Waals surface area contributed by atoms with Crippen LogP contribution in [-0.2, 0) is 17.7 Å². The molecular formula is C15H22N4O. The fourth-order valence-corrected chi connectivity index (χ4v) is 2.16. The maximum Gasteiger partial charge on any atom is 0.152 e. The van der Waals surface area contributed by atoms with E-state index in [0.29, 0.717) is 12.3 Å². The molecule has 0 aliphatic heterocycles. The van der Waals surface area contributed by atoms with Crippen molar-refractivity contribution in [2.24, 2.45) is 0 Å². The second kappa shape index (κ2) is 6.43. The Kier molecular flexibility index (Phi) is 4.63. The number of methoxy groups -OCH3 is 1. The van der Waals surface area contributed by atoms with Crippen LogP contribution in [0.2, 0.25) is 0 Å². The lowest BCUT2D eigenvalue weighted by Gasteiger charge is -2.13. The van der Waals surface area contributed by atoms with Gasteiger partial charge in [0.15, 0.2) is 5.82 Å². The van der Waals surface area contributed by atoms with Crippen molar-refractivity contribution in [1.82, 2.24) is 9.78 Å². The van der Waals surface area contributed by atoms with Crippen molar-refractivity contribution >= 4 is 17.2 Å². The van der Waals surface area contributed by atoms with Crippen LogP contribution < -0.4 is 11.1 Å². The van der Waals surface area contributed by atoms with E-state index in [1.807, 2.05) is 36.7 Å². The van der Waals surface area contributed by atoms with Gasteiger partial charge < -0.3 is 15.8 Å². The number of ether oxygens (including phenoxy) is 1. The standard InChI is InChI=1S/C15H22N4O/c1-4-19-15(14(16)11(2)18-19)17-13-8-6-5-7-12(13)9-10-20-3/h5-8,17H,4,9-10,16H2,1-3H3. The Balaban J connectivity index is 2.30. The Morgan fingerprint density at radius 3 is 2.80 bits per heavy atom. The number of nitrogens with zero attached hydrogens (tertiary/aromatic N) is 2. The Morgan fingerprint density at radius 1 is 1.35 bits per heavy atom. The number of nitrogens with one attached hydrogen (secondary N) is 1. The molecule has 0 saturated carbocycles. The third-order valence-electron chi connectivity index (χ3n) is 3.32. The Labute approximate surface area is 119 Å². The summed E-state index contributed by atoms with van der Waals surface area (Å²) in [5, 5.41) is 7.83. The summed E-state index contributed by atoms with van der Waals surface area (Å²) in [5.74, 6) is 0.856. The molecule has 0 unspecified atom stereocenters. The molecule has 108 valence electrons. The zero-order valence-electron chi connectivity index (χ0n) is 12.3. The number of anilines is 3. The summed E-state index contributed by atoms with van der Waals surface area (Å²) in [7, 11) is 1.71. The first kappa shape index (κ1) is 14.4. The van der Waals surface area contributed by atoms with Gasteiger partial charge in [0.2, 0.25) is 0 Å². The number of benzene rings is 1. The predicted molar refractivity (Wildman–Crippen MR) is 82.4 cm³/mol. The lowest BCUT2D eigenvalue weighted by atomic mass is 10.1. The molecule has 0 amide bonds. The Hall–Kier alpha value is -2.01. The number of nitrogens with two attached hydrogens (primary N) is 1.